The molecule has 0 spiro atoms. The predicted octanol–water partition coefficient (Wildman–Crippen LogP) is 1.27. The van der Waals surface area contributed by atoms with Gasteiger partial charge in [-0.1, -0.05) is 0 Å². The lowest BCUT2D eigenvalue weighted by molar-refractivity contribution is 1.30. The van der Waals surface area contributed by atoms with Crippen LogP contribution in [-0.2, 0) is 0 Å². The first-order valence-electron chi connectivity index (χ1n) is 5.03. The molecule has 0 saturated carbocycles. The summed E-state index contributed by atoms with van der Waals surface area (Å²) in [6.45, 7) is 0. The Morgan fingerprint density at radius 1 is 1.18 bits per heavy atom. The molecular weight excluding hydrogens is 214 g/mol. The molecule has 0 aliphatic rings. The van der Waals surface area contributed by atoms with E-state index in [1.54, 1.807) is 18.2 Å². The maximum absolute atomic E-state index is 8.89. The first kappa shape index (κ1) is 9.48. The van der Waals surface area contributed by atoms with Gasteiger partial charge in [-0.25, -0.2) is 0 Å². The van der Waals surface area contributed by atoms with E-state index in [2.05, 4.69) is 4.98 Å². The van der Waals surface area contributed by atoms with Crippen LogP contribution in [0.15, 0.2) is 18.2 Å². The first-order valence-corrected chi connectivity index (χ1v) is 5.03. The van der Waals surface area contributed by atoms with Gasteiger partial charge in [0.05, 0.1) is 16.4 Å². The van der Waals surface area contributed by atoms with Crippen LogP contribution in [0.5, 0.6) is 0 Å². The van der Waals surface area contributed by atoms with Crippen molar-refractivity contribution in [3.05, 3.63) is 29.1 Å². The Morgan fingerprint density at radius 3 is 2.65 bits per heavy atom. The van der Waals surface area contributed by atoms with Gasteiger partial charge in [0.15, 0.2) is 0 Å². The van der Waals surface area contributed by atoms with E-state index in [9.17, 15) is 0 Å². The quantitative estimate of drug-likeness (QED) is 0.460. The molecule has 0 fully saturated rings. The SMILES string of the molecule is N#Cc1cc2c3cc(N)cc(N)[nH]c3c2c1=N. The number of anilines is 2. The van der Waals surface area contributed by atoms with Crippen molar-refractivity contribution >= 4 is 33.2 Å². The number of nitrogens with zero attached hydrogens (tertiary/aromatic N) is 1. The number of nitrogen functional groups attached to an aromatic ring is 2. The standard InChI is InChI=1S/C12H9N5/c13-4-5-1-7-8-2-6(14)3-9(15)17-12(8)10(7)11(5)16/h1-3,16-17H,14-15H2. The molecule has 0 bridgehead atoms. The van der Waals surface area contributed by atoms with Crippen LogP contribution < -0.4 is 16.8 Å². The molecular formula is C12H9N5. The summed E-state index contributed by atoms with van der Waals surface area (Å²) >= 11 is 0. The van der Waals surface area contributed by atoms with E-state index in [-0.39, 0.29) is 5.36 Å². The number of nitrogens with one attached hydrogen (secondary N) is 2. The van der Waals surface area contributed by atoms with Gasteiger partial charge in [0.1, 0.15) is 11.9 Å². The summed E-state index contributed by atoms with van der Waals surface area (Å²) in [7, 11) is 0. The number of aromatic amines is 1. The average Bonchev–Trinajstić information content (AvgIpc) is 2.49. The minimum Gasteiger partial charge on any atom is -0.399 e. The van der Waals surface area contributed by atoms with Gasteiger partial charge in [0, 0.05) is 22.5 Å². The number of rotatable bonds is 0. The third-order valence-corrected chi connectivity index (χ3v) is 2.91. The molecule has 3 aromatic rings. The van der Waals surface area contributed by atoms with Crippen molar-refractivity contribution < 1.29 is 0 Å². The Labute approximate surface area is 96.1 Å². The van der Waals surface area contributed by atoms with Crippen LogP contribution in [0.4, 0.5) is 11.5 Å². The van der Waals surface area contributed by atoms with Crippen LogP contribution in [0.2, 0.25) is 0 Å². The fourth-order valence-electron chi connectivity index (χ4n) is 2.17. The van der Waals surface area contributed by atoms with Gasteiger partial charge in [0.2, 0.25) is 0 Å². The number of H-pyrrole nitrogens is 1. The summed E-state index contributed by atoms with van der Waals surface area (Å²) in [6.07, 6.45) is 0. The second-order valence-corrected chi connectivity index (χ2v) is 3.99. The lowest BCUT2D eigenvalue weighted by Crippen LogP contribution is -2.01. The third-order valence-electron chi connectivity index (χ3n) is 2.91. The lowest BCUT2D eigenvalue weighted by Gasteiger charge is -2.03. The maximum Gasteiger partial charge on any atom is 0.103 e. The smallest absolute Gasteiger partial charge is 0.103 e. The van der Waals surface area contributed by atoms with Crippen molar-refractivity contribution in [1.82, 2.24) is 4.98 Å². The zero-order chi connectivity index (χ0) is 12.2. The Bertz CT molecular complexity index is 838. The van der Waals surface area contributed by atoms with Crippen LogP contribution in [0.1, 0.15) is 5.56 Å². The minimum absolute atomic E-state index is 0.246. The molecule has 0 amide bonds. The van der Waals surface area contributed by atoms with Gasteiger partial charge in [0.25, 0.3) is 0 Å². The second kappa shape index (κ2) is 2.89. The van der Waals surface area contributed by atoms with Crippen molar-refractivity contribution in [2.45, 2.75) is 0 Å². The zero-order valence-corrected chi connectivity index (χ0v) is 8.83. The Kier molecular flexibility index (Phi) is 1.61. The second-order valence-electron chi connectivity index (χ2n) is 3.99. The molecule has 17 heavy (non-hydrogen) atoms. The summed E-state index contributed by atoms with van der Waals surface area (Å²) < 4.78 is 0. The molecule has 1 heterocycles. The molecule has 5 nitrogen and oxygen atoms in total. The van der Waals surface area contributed by atoms with Crippen molar-refractivity contribution in [2.24, 2.45) is 0 Å². The Morgan fingerprint density at radius 2 is 1.94 bits per heavy atom. The van der Waals surface area contributed by atoms with Crippen LogP contribution in [-0.4, -0.2) is 4.98 Å². The van der Waals surface area contributed by atoms with Gasteiger partial charge in [-0.3, -0.25) is 5.41 Å². The van der Waals surface area contributed by atoms with E-state index in [0.717, 1.165) is 21.7 Å². The average molecular weight is 223 g/mol. The summed E-state index contributed by atoms with van der Waals surface area (Å²) in [4.78, 5) is 3.00. The molecule has 0 saturated heterocycles. The highest BCUT2D eigenvalue weighted by Gasteiger charge is 2.16. The molecule has 5 heteroatoms. The van der Waals surface area contributed by atoms with Gasteiger partial charge in [-0.05, 0) is 17.5 Å². The Hall–Kier alpha value is -2.74. The third kappa shape index (κ3) is 1.09. The molecule has 1 aromatic heterocycles. The predicted molar refractivity (Wildman–Crippen MR) is 66.4 cm³/mol. The molecule has 6 N–H and O–H groups in total. The van der Waals surface area contributed by atoms with Crippen molar-refractivity contribution in [2.75, 3.05) is 11.5 Å². The lowest BCUT2D eigenvalue weighted by atomic mass is 10.0. The van der Waals surface area contributed by atoms with Crippen LogP contribution >= 0.6 is 0 Å². The number of nitriles is 1. The van der Waals surface area contributed by atoms with Crippen LogP contribution in [0.25, 0.3) is 21.7 Å². The van der Waals surface area contributed by atoms with E-state index < -0.39 is 0 Å². The number of aromatic nitrogens is 1. The summed E-state index contributed by atoms with van der Waals surface area (Å²) in [5, 5.41) is 19.6. The number of hydrogen-bond donors (Lipinski definition) is 4. The number of fused-ring (bicyclic) bond motifs is 4. The highest BCUT2D eigenvalue weighted by atomic mass is 14.8. The maximum atomic E-state index is 8.89. The summed E-state index contributed by atoms with van der Waals surface area (Å²) in [5.74, 6) is 0.438. The molecule has 0 radical (unpaired) electrons. The van der Waals surface area contributed by atoms with Gasteiger partial charge in [-0.2, -0.15) is 5.26 Å². The van der Waals surface area contributed by atoms with Crippen molar-refractivity contribution in [1.29, 1.82) is 10.7 Å². The van der Waals surface area contributed by atoms with E-state index in [4.69, 9.17) is 22.1 Å². The van der Waals surface area contributed by atoms with Gasteiger partial charge >= 0.3 is 0 Å². The number of hydrogen-bond acceptors (Lipinski definition) is 4. The van der Waals surface area contributed by atoms with Gasteiger partial charge in [-0.15, -0.1) is 0 Å². The first-order chi connectivity index (χ1) is 8.11. The van der Waals surface area contributed by atoms with Crippen molar-refractivity contribution in [3.8, 4) is 6.07 Å². The molecule has 0 unspecified atom stereocenters. The van der Waals surface area contributed by atoms with E-state index in [1.807, 2.05) is 6.07 Å². The van der Waals surface area contributed by atoms with E-state index in [1.165, 1.54) is 0 Å². The highest BCUT2D eigenvalue weighted by Crippen LogP contribution is 2.33. The summed E-state index contributed by atoms with van der Waals surface area (Å²) in [5.41, 5.74) is 13.2. The van der Waals surface area contributed by atoms with E-state index >= 15 is 0 Å². The zero-order valence-electron chi connectivity index (χ0n) is 8.83. The molecule has 82 valence electrons. The fraction of sp³-hybridized carbons (Fsp3) is 0. The van der Waals surface area contributed by atoms with Crippen molar-refractivity contribution in [3.63, 3.8) is 0 Å². The normalized spacial score (nSPS) is 11.0. The van der Waals surface area contributed by atoms with Gasteiger partial charge < -0.3 is 16.5 Å². The molecule has 0 aliphatic carbocycles. The molecule has 3 rings (SSSR count). The fourth-order valence-corrected chi connectivity index (χ4v) is 2.17. The topological polar surface area (TPSA) is 115 Å². The minimum atomic E-state index is 0.246. The largest absolute Gasteiger partial charge is 0.399 e. The highest BCUT2D eigenvalue weighted by molar-refractivity contribution is 6.24. The monoisotopic (exact) mass is 223 g/mol. The van der Waals surface area contributed by atoms with E-state index in [0.29, 0.717) is 17.1 Å². The molecule has 0 atom stereocenters. The molecule has 0 aliphatic heterocycles. The molecule has 2 aromatic carbocycles. The Balaban J connectivity index is 2.57. The van der Waals surface area contributed by atoms with Crippen LogP contribution in [0.3, 0.4) is 0 Å². The summed E-state index contributed by atoms with van der Waals surface area (Å²) in [6, 6.07) is 7.15. The van der Waals surface area contributed by atoms with Crippen LogP contribution in [0, 0.1) is 16.7 Å². The number of nitrogens with two attached hydrogens (primary N) is 2.